The van der Waals surface area contributed by atoms with Crippen molar-refractivity contribution in [2.75, 3.05) is 19.8 Å². The maximum absolute atomic E-state index is 12.7. The summed E-state index contributed by atoms with van der Waals surface area (Å²) < 4.78 is 17.3. The predicted octanol–water partition coefficient (Wildman–Crippen LogP) is 15.9. The lowest BCUT2D eigenvalue weighted by Crippen LogP contribution is -2.30. The first kappa shape index (κ1) is 54.8. The van der Waals surface area contributed by atoms with Crippen LogP contribution in [-0.2, 0) is 23.8 Å². The van der Waals surface area contributed by atoms with Crippen LogP contribution in [0.15, 0.2) is 97.2 Å². The molecule has 0 bridgehead atoms. The van der Waals surface area contributed by atoms with E-state index in [0.717, 1.165) is 122 Å². The molecule has 0 N–H and O–H groups in total. The molecule has 0 spiro atoms. The smallest absolute Gasteiger partial charge is 0.306 e. The van der Waals surface area contributed by atoms with Gasteiger partial charge in [-0.15, -0.1) is 0 Å². The van der Waals surface area contributed by atoms with E-state index in [-0.39, 0.29) is 25.2 Å². The maximum atomic E-state index is 12.7. The van der Waals surface area contributed by atoms with Crippen LogP contribution in [-0.4, -0.2) is 37.9 Å². The minimum Gasteiger partial charge on any atom is -0.462 e. The lowest BCUT2D eigenvalue weighted by molar-refractivity contribution is -0.163. The lowest BCUT2D eigenvalue weighted by Gasteiger charge is -2.18. The number of hydrogen-bond donors (Lipinski definition) is 0. The highest BCUT2D eigenvalue weighted by Crippen LogP contribution is 2.12. The molecule has 0 radical (unpaired) electrons. The molecule has 0 aliphatic carbocycles. The van der Waals surface area contributed by atoms with Gasteiger partial charge in [-0.05, 0) is 109 Å². The molecule has 330 valence electrons. The van der Waals surface area contributed by atoms with E-state index in [1.165, 1.54) is 44.9 Å². The number of ether oxygens (including phenoxy) is 3. The zero-order chi connectivity index (χ0) is 42.1. The Morgan fingerprint density at radius 3 is 1.24 bits per heavy atom. The first-order chi connectivity index (χ1) is 28.6. The van der Waals surface area contributed by atoms with Gasteiger partial charge < -0.3 is 14.2 Å². The van der Waals surface area contributed by atoms with E-state index < -0.39 is 6.10 Å². The highest BCUT2D eigenvalue weighted by Gasteiger charge is 2.17. The molecule has 0 saturated carbocycles. The number of hydrogen-bond acceptors (Lipinski definition) is 5. The van der Waals surface area contributed by atoms with Crippen molar-refractivity contribution < 1.29 is 23.8 Å². The zero-order valence-electron chi connectivity index (χ0n) is 37.8. The summed E-state index contributed by atoms with van der Waals surface area (Å²) in [5.41, 5.74) is 0. The molecular formula is C53H88O5. The van der Waals surface area contributed by atoms with Crippen LogP contribution in [0.4, 0.5) is 0 Å². The molecule has 1 unspecified atom stereocenters. The summed E-state index contributed by atoms with van der Waals surface area (Å²) in [4.78, 5) is 25.3. The highest BCUT2D eigenvalue weighted by atomic mass is 16.6. The number of carbonyl (C=O) groups excluding carboxylic acids is 2. The number of allylic oxidation sites excluding steroid dienone is 16. The van der Waals surface area contributed by atoms with E-state index in [1.54, 1.807) is 0 Å². The third-order valence-corrected chi connectivity index (χ3v) is 9.57. The van der Waals surface area contributed by atoms with Crippen molar-refractivity contribution in [2.45, 2.75) is 207 Å². The summed E-state index contributed by atoms with van der Waals surface area (Å²) in [5.74, 6) is -0.453. The molecule has 0 fully saturated rings. The van der Waals surface area contributed by atoms with Crippen molar-refractivity contribution in [3.63, 3.8) is 0 Å². The summed E-state index contributed by atoms with van der Waals surface area (Å²) in [5, 5.41) is 0. The Balaban J connectivity index is 4.37. The predicted molar refractivity (Wildman–Crippen MR) is 251 cm³/mol. The molecule has 0 aliphatic rings. The van der Waals surface area contributed by atoms with Crippen LogP contribution >= 0.6 is 0 Å². The van der Waals surface area contributed by atoms with Crippen LogP contribution in [0, 0.1) is 0 Å². The van der Waals surface area contributed by atoms with E-state index in [2.05, 4.69) is 118 Å². The molecule has 5 nitrogen and oxygen atoms in total. The Kier molecular flexibility index (Phi) is 45.5. The van der Waals surface area contributed by atoms with Crippen LogP contribution in [0.2, 0.25) is 0 Å². The largest absolute Gasteiger partial charge is 0.462 e. The topological polar surface area (TPSA) is 61.8 Å². The summed E-state index contributed by atoms with van der Waals surface area (Å²) in [7, 11) is 0. The molecule has 5 heteroatoms. The summed E-state index contributed by atoms with van der Waals surface area (Å²) in [6.07, 6.45) is 64.1. The fraction of sp³-hybridized carbons (Fsp3) is 0.660. The second-order valence-corrected chi connectivity index (χ2v) is 15.2. The number of esters is 2. The van der Waals surface area contributed by atoms with E-state index in [4.69, 9.17) is 14.2 Å². The molecule has 0 amide bonds. The van der Waals surface area contributed by atoms with E-state index in [9.17, 15) is 9.59 Å². The fourth-order valence-electron chi connectivity index (χ4n) is 6.10. The van der Waals surface area contributed by atoms with Crippen molar-refractivity contribution >= 4 is 11.9 Å². The van der Waals surface area contributed by atoms with E-state index >= 15 is 0 Å². The molecule has 0 rings (SSSR count). The monoisotopic (exact) mass is 805 g/mol. The molecule has 0 heterocycles. The molecule has 0 aromatic rings. The summed E-state index contributed by atoms with van der Waals surface area (Å²) in [6.45, 7) is 7.44. The van der Waals surface area contributed by atoms with Gasteiger partial charge >= 0.3 is 11.9 Å². The van der Waals surface area contributed by atoms with Gasteiger partial charge in [-0.1, -0.05) is 176 Å². The van der Waals surface area contributed by atoms with Crippen molar-refractivity contribution in [1.82, 2.24) is 0 Å². The number of rotatable bonds is 42. The van der Waals surface area contributed by atoms with Crippen molar-refractivity contribution in [2.24, 2.45) is 0 Å². The van der Waals surface area contributed by atoms with Gasteiger partial charge in [0.15, 0.2) is 6.10 Å². The molecular weight excluding hydrogens is 717 g/mol. The van der Waals surface area contributed by atoms with Crippen LogP contribution in [0.5, 0.6) is 0 Å². The van der Waals surface area contributed by atoms with Gasteiger partial charge in [-0.3, -0.25) is 9.59 Å². The zero-order valence-corrected chi connectivity index (χ0v) is 37.8. The van der Waals surface area contributed by atoms with Gasteiger partial charge in [0, 0.05) is 19.4 Å². The van der Waals surface area contributed by atoms with Gasteiger partial charge in [-0.2, -0.15) is 0 Å². The average Bonchev–Trinajstić information content (AvgIpc) is 3.22. The molecule has 0 aromatic heterocycles. The van der Waals surface area contributed by atoms with E-state index in [1.807, 2.05) is 0 Å². The van der Waals surface area contributed by atoms with Gasteiger partial charge in [0.05, 0.1) is 6.61 Å². The molecule has 0 aromatic carbocycles. The standard InChI is InChI=1S/C53H88O5/c1-4-7-10-13-16-19-22-25-27-29-31-34-37-40-43-46-52(54)57-50-51(49-56-48-45-42-39-36-33-30-26-23-20-17-14-11-8-5-2)58-53(55)47-44-41-38-35-32-28-24-21-18-15-12-9-6-3/h7-8,10-12,15-17,19-21,24-27,30,51H,4-6,9,13-14,18,22-23,28-29,31-50H2,1-3H3/b10-7-,11-8-,15-12-,19-16-,20-17-,24-21-,27-25-,30-26-. The Bertz CT molecular complexity index is 1140. The van der Waals surface area contributed by atoms with Gasteiger partial charge in [0.25, 0.3) is 0 Å². The average molecular weight is 805 g/mol. The first-order valence-corrected chi connectivity index (χ1v) is 23.8. The Morgan fingerprint density at radius 1 is 0.397 bits per heavy atom. The third kappa shape index (κ3) is 45.5. The van der Waals surface area contributed by atoms with E-state index in [0.29, 0.717) is 19.4 Å². The summed E-state index contributed by atoms with van der Waals surface area (Å²) >= 11 is 0. The third-order valence-electron chi connectivity index (χ3n) is 9.57. The maximum Gasteiger partial charge on any atom is 0.306 e. The molecule has 0 saturated heterocycles. The minimum atomic E-state index is -0.566. The fourth-order valence-corrected chi connectivity index (χ4v) is 6.10. The lowest BCUT2D eigenvalue weighted by atomic mass is 10.1. The second kappa shape index (κ2) is 48.2. The highest BCUT2D eigenvalue weighted by molar-refractivity contribution is 5.70. The van der Waals surface area contributed by atoms with Crippen LogP contribution < -0.4 is 0 Å². The van der Waals surface area contributed by atoms with Crippen LogP contribution in [0.25, 0.3) is 0 Å². The van der Waals surface area contributed by atoms with Gasteiger partial charge in [-0.25, -0.2) is 0 Å². The van der Waals surface area contributed by atoms with Crippen molar-refractivity contribution in [3.05, 3.63) is 97.2 Å². The molecule has 1 atom stereocenters. The quantitative estimate of drug-likeness (QED) is 0.0349. The Morgan fingerprint density at radius 2 is 0.776 bits per heavy atom. The molecule has 0 aliphatic heterocycles. The SMILES string of the molecule is CC/C=C\C/C=C\C/C=C\CCCCCCCC(=O)OCC(COCCCCCC/C=C\C/C=C\C/C=C\CC)OC(=O)CCCCCCC/C=C\C/C=C\CCC. The van der Waals surface area contributed by atoms with Crippen LogP contribution in [0.3, 0.4) is 0 Å². The molecule has 58 heavy (non-hydrogen) atoms. The van der Waals surface area contributed by atoms with Crippen molar-refractivity contribution in [1.29, 1.82) is 0 Å². The Labute approximate surface area is 358 Å². The first-order valence-electron chi connectivity index (χ1n) is 23.8. The number of unbranched alkanes of at least 4 members (excludes halogenated alkanes) is 15. The normalized spacial score (nSPS) is 13.1. The minimum absolute atomic E-state index is 0.0560. The van der Waals surface area contributed by atoms with Gasteiger partial charge in [0.2, 0.25) is 0 Å². The van der Waals surface area contributed by atoms with Crippen LogP contribution in [0.1, 0.15) is 201 Å². The second-order valence-electron chi connectivity index (χ2n) is 15.2. The number of carbonyl (C=O) groups is 2. The van der Waals surface area contributed by atoms with Gasteiger partial charge in [0.1, 0.15) is 6.61 Å². The Hall–Kier alpha value is -3.18. The van der Waals surface area contributed by atoms with Crippen molar-refractivity contribution in [3.8, 4) is 0 Å². The summed E-state index contributed by atoms with van der Waals surface area (Å²) in [6, 6.07) is 0.